The van der Waals surface area contributed by atoms with E-state index < -0.39 is 5.97 Å². The van der Waals surface area contributed by atoms with Gasteiger partial charge in [0.2, 0.25) is 0 Å². The normalized spacial score (nSPS) is 16.7. The zero-order chi connectivity index (χ0) is 27.8. The lowest BCUT2D eigenvalue weighted by molar-refractivity contribution is 0.0697. The topological polar surface area (TPSA) is 88.9 Å². The maximum absolute atomic E-state index is 11.8. The first-order chi connectivity index (χ1) is 18.7. The number of methoxy groups -OCH3 is 2. The lowest BCUT2D eigenvalue weighted by Crippen LogP contribution is -2.30. The van der Waals surface area contributed by atoms with Crippen LogP contribution < -0.4 is 19.7 Å². The standard InChI is InChI=1S/C30H30N4O4S/c1-17-9-10-20(29(35)36)15-25(17)33-18(2)14-22(19(33)3)28-27(23-8-6-7-13-31-23)32-30(39)34(28)24-12-11-21(37-4)16-26(24)38-5/h6-16,27-28H,1-5H3,(H,32,39)(H,35,36). The molecule has 0 amide bonds. The Balaban J connectivity index is 1.72. The molecule has 1 aliphatic rings. The van der Waals surface area contributed by atoms with E-state index in [0.29, 0.717) is 16.6 Å². The van der Waals surface area contributed by atoms with Gasteiger partial charge >= 0.3 is 5.97 Å². The summed E-state index contributed by atoms with van der Waals surface area (Å²) in [6.07, 6.45) is 1.78. The molecule has 0 bridgehead atoms. The number of carbonyl (C=O) groups is 1. The molecule has 0 spiro atoms. The number of thiocarbonyl (C=S) groups is 1. The van der Waals surface area contributed by atoms with Crippen molar-refractivity contribution in [2.45, 2.75) is 32.9 Å². The fraction of sp³-hybridized carbons (Fsp3) is 0.233. The number of ether oxygens (including phenoxy) is 2. The predicted molar refractivity (Wildman–Crippen MR) is 154 cm³/mol. The van der Waals surface area contributed by atoms with Gasteiger partial charge in [-0.05, 0) is 86.6 Å². The van der Waals surface area contributed by atoms with Gasteiger partial charge in [-0.1, -0.05) is 12.1 Å². The molecule has 3 heterocycles. The largest absolute Gasteiger partial charge is 0.497 e. The highest BCUT2D eigenvalue weighted by Crippen LogP contribution is 2.47. The lowest BCUT2D eigenvalue weighted by Gasteiger charge is -2.29. The fourth-order valence-electron chi connectivity index (χ4n) is 5.36. The van der Waals surface area contributed by atoms with Crippen LogP contribution in [0.25, 0.3) is 5.69 Å². The van der Waals surface area contributed by atoms with Gasteiger partial charge in [0, 0.05) is 29.3 Å². The zero-order valence-corrected chi connectivity index (χ0v) is 23.2. The number of nitrogens with one attached hydrogen (secondary N) is 1. The number of aromatic nitrogens is 2. The summed E-state index contributed by atoms with van der Waals surface area (Å²) < 4.78 is 13.3. The van der Waals surface area contributed by atoms with E-state index in [4.69, 9.17) is 21.7 Å². The molecule has 1 aliphatic heterocycles. The van der Waals surface area contributed by atoms with Crippen LogP contribution in [0.2, 0.25) is 0 Å². The number of nitrogens with zero attached hydrogens (tertiary/aromatic N) is 3. The average molecular weight is 543 g/mol. The third-order valence-corrected chi connectivity index (χ3v) is 7.54. The summed E-state index contributed by atoms with van der Waals surface area (Å²) in [6.45, 7) is 6.06. The summed E-state index contributed by atoms with van der Waals surface area (Å²) in [6, 6.07) is 18.3. The van der Waals surface area contributed by atoms with Gasteiger partial charge in [0.05, 0.1) is 43.2 Å². The van der Waals surface area contributed by atoms with Gasteiger partial charge in [0.15, 0.2) is 5.11 Å². The molecule has 2 unspecified atom stereocenters. The number of carboxylic acid groups (broad SMARTS) is 1. The van der Waals surface area contributed by atoms with Crippen LogP contribution in [0.15, 0.2) is 66.9 Å². The molecular weight excluding hydrogens is 512 g/mol. The Labute approximate surface area is 232 Å². The molecule has 5 rings (SSSR count). The van der Waals surface area contributed by atoms with Crippen molar-refractivity contribution in [3.8, 4) is 17.2 Å². The molecule has 4 aromatic rings. The Bertz CT molecular complexity index is 1570. The second-order valence-electron chi connectivity index (χ2n) is 9.50. The van der Waals surface area contributed by atoms with Gasteiger partial charge in [-0.15, -0.1) is 0 Å². The summed E-state index contributed by atoms with van der Waals surface area (Å²) in [5, 5.41) is 13.7. The molecule has 2 aromatic heterocycles. The number of aryl methyl sites for hydroxylation is 2. The van der Waals surface area contributed by atoms with Crippen molar-refractivity contribution in [3.63, 3.8) is 0 Å². The Morgan fingerprint density at radius 1 is 1.00 bits per heavy atom. The number of benzene rings is 2. The quantitative estimate of drug-likeness (QED) is 0.288. The average Bonchev–Trinajstić information content (AvgIpc) is 3.43. The highest BCUT2D eigenvalue weighted by Gasteiger charge is 2.43. The highest BCUT2D eigenvalue weighted by molar-refractivity contribution is 7.80. The lowest BCUT2D eigenvalue weighted by atomic mass is 9.96. The van der Waals surface area contributed by atoms with Crippen LogP contribution in [0, 0.1) is 20.8 Å². The first-order valence-corrected chi connectivity index (χ1v) is 12.9. The van der Waals surface area contributed by atoms with Gasteiger partial charge in [-0.25, -0.2) is 4.79 Å². The molecule has 2 atom stereocenters. The Kier molecular flexibility index (Phi) is 7.01. The van der Waals surface area contributed by atoms with Crippen molar-refractivity contribution in [1.29, 1.82) is 0 Å². The number of carboxylic acids is 1. The van der Waals surface area contributed by atoms with E-state index >= 15 is 0 Å². The summed E-state index contributed by atoms with van der Waals surface area (Å²) in [5.41, 5.74) is 6.69. The molecule has 200 valence electrons. The maximum Gasteiger partial charge on any atom is 0.335 e. The predicted octanol–water partition coefficient (Wildman–Crippen LogP) is 5.69. The monoisotopic (exact) mass is 542 g/mol. The van der Waals surface area contributed by atoms with Crippen LogP contribution in [0.1, 0.15) is 50.7 Å². The molecule has 2 N–H and O–H groups in total. The van der Waals surface area contributed by atoms with Gasteiger partial charge in [0.25, 0.3) is 0 Å². The van der Waals surface area contributed by atoms with Crippen LogP contribution in [0.3, 0.4) is 0 Å². The number of hydrogen-bond donors (Lipinski definition) is 2. The van der Waals surface area contributed by atoms with Crippen LogP contribution in [-0.2, 0) is 0 Å². The van der Waals surface area contributed by atoms with E-state index in [1.54, 1.807) is 32.5 Å². The Morgan fingerprint density at radius 2 is 1.79 bits per heavy atom. The van der Waals surface area contributed by atoms with Crippen LogP contribution in [0.4, 0.5) is 5.69 Å². The van der Waals surface area contributed by atoms with E-state index in [0.717, 1.165) is 39.6 Å². The van der Waals surface area contributed by atoms with E-state index in [1.807, 2.05) is 56.3 Å². The van der Waals surface area contributed by atoms with E-state index in [9.17, 15) is 9.90 Å². The minimum atomic E-state index is -0.961. The van der Waals surface area contributed by atoms with Crippen LogP contribution in [0.5, 0.6) is 11.5 Å². The van der Waals surface area contributed by atoms with Gasteiger partial charge in [-0.2, -0.15) is 0 Å². The van der Waals surface area contributed by atoms with Crippen LogP contribution >= 0.6 is 12.2 Å². The molecular formula is C30H30N4O4S. The number of hydrogen-bond acceptors (Lipinski definition) is 5. The van der Waals surface area contributed by atoms with Crippen molar-refractivity contribution in [2.75, 3.05) is 19.1 Å². The first kappa shape index (κ1) is 26.2. The van der Waals surface area contributed by atoms with Gasteiger partial charge < -0.3 is 29.4 Å². The molecule has 1 saturated heterocycles. The SMILES string of the molecule is COc1ccc(N2C(=S)NC(c3ccccn3)C2c2cc(C)n(-c3cc(C(=O)O)ccc3C)c2C)c(OC)c1. The Hall–Kier alpha value is -4.37. The highest BCUT2D eigenvalue weighted by atomic mass is 32.1. The number of rotatable bonds is 7. The van der Waals surface area contributed by atoms with Gasteiger partial charge in [0.1, 0.15) is 11.5 Å². The second kappa shape index (κ2) is 10.4. The molecule has 0 aliphatic carbocycles. The van der Waals surface area contributed by atoms with Crippen molar-refractivity contribution >= 4 is 29.0 Å². The van der Waals surface area contributed by atoms with E-state index in [2.05, 4.69) is 32.8 Å². The Morgan fingerprint density at radius 3 is 2.46 bits per heavy atom. The minimum absolute atomic E-state index is 0.240. The van der Waals surface area contributed by atoms with E-state index in [1.165, 1.54) is 0 Å². The molecule has 0 radical (unpaired) electrons. The number of pyridine rings is 1. The van der Waals surface area contributed by atoms with Gasteiger partial charge in [-0.3, -0.25) is 4.98 Å². The van der Waals surface area contributed by atoms with Crippen molar-refractivity contribution in [1.82, 2.24) is 14.9 Å². The third kappa shape index (κ3) is 4.59. The summed E-state index contributed by atoms with van der Waals surface area (Å²) in [5.74, 6) is 0.347. The minimum Gasteiger partial charge on any atom is -0.497 e. The summed E-state index contributed by atoms with van der Waals surface area (Å²) in [7, 11) is 3.24. The second-order valence-corrected chi connectivity index (χ2v) is 9.89. The summed E-state index contributed by atoms with van der Waals surface area (Å²) >= 11 is 5.92. The molecule has 8 nitrogen and oxygen atoms in total. The summed E-state index contributed by atoms with van der Waals surface area (Å²) in [4.78, 5) is 18.5. The van der Waals surface area contributed by atoms with Crippen LogP contribution in [-0.4, -0.2) is 40.0 Å². The molecule has 39 heavy (non-hydrogen) atoms. The van der Waals surface area contributed by atoms with Crippen molar-refractivity contribution < 1.29 is 19.4 Å². The molecule has 9 heteroatoms. The third-order valence-electron chi connectivity index (χ3n) is 7.23. The molecule has 0 saturated carbocycles. The first-order valence-electron chi connectivity index (χ1n) is 12.5. The molecule has 2 aromatic carbocycles. The molecule has 1 fully saturated rings. The number of aromatic carboxylic acids is 1. The maximum atomic E-state index is 11.8. The zero-order valence-electron chi connectivity index (χ0n) is 22.4. The van der Waals surface area contributed by atoms with E-state index in [-0.39, 0.29) is 17.6 Å². The van der Waals surface area contributed by atoms with Crippen molar-refractivity contribution in [3.05, 3.63) is 101 Å². The van der Waals surface area contributed by atoms with Crippen molar-refractivity contribution in [2.24, 2.45) is 0 Å². The number of anilines is 1. The smallest absolute Gasteiger partial charge is 0.335 e. The fourth-order valence-corrected chi connectivity index (χ4v) is 5.69.